The quantitative estimate of drug-likeness (QED) is 0.0698. The molecule has 5 N–H and O–H groups in total. The third-order valence-electron chi connectivity index (χ3n) is 8.36. The molecule has 0 unspecified atom stereocenters. The van der Waals surface area contributed by atoms with Crippen molar-refractivity contribution < 1.29 is 19.4 Å². The number of phenolic OH excluding ortho intramolecular Hbond substituents is 1. The molecular formula is C38H52N4O4. The van der Waals surface area contributed by atoms with Crippen LogP contribution >= 0.6 is 0 Å². The molecule has 2 aromatic carbocycles. The first kappa shape index (κ1) is 36.5. The van der Waals surface area contributed by atoms with Gasteiger partial charge in [-0.15, -0.1) is 0 Å². The average molecular weight is 629 g/mol. The van der Waals surface area contributed by atoms with Crippen molar-refractivity contribution in [3.63, 3.8) is 0 Å². The summed E-state index contributed by atoms with van der Waals surface area (Å²) in [6, 6.07) is 9.80. The van der Waals surface area contributed by atoms with Gasteiger partial charge in [0.25, 0.3) is 0 Å². The average Bonchev–Trinajstić information content (AvgIpc) is 3.00. The molecule has 3 aromatic rings. The summed E-state index contributed by atoms with van der Waals surface area (Å²) in [4.78, 5) is 29.7. The minimum Gasteiger partial charge on any atom is -0.504 e. The molecule has 0 saturated heterocycles. The van der Waals surface area contributed by atoms with Gasteiger partial charge in [-0.2, -0.15) is 0 Å². The maximum atomic E-state index is 12.7. The molecule has 46 heavy (non-hydrogen) atoms. The number of unbranched alkanes of at least 4 members (excludes halogenated alkanes) is 2. The summed E-state index contributed by atoms with van der Waals surface area (Å²) < 4.78 is 5.35. The highest BCUT2D eigenvalue weighted by atomic mass is 16.5. The summed E-state index contributed by atoms with van der Waals surface area (Å²) in [6.07, 6.45) is 10.3. The number of phenols is 1. The number of aryl methyl sites for hydroxylation is 2. The number of nitrogens with zero attached hydrogens (tertiary/aromatic N) is 1. The minimum absolute atomic E-state index is 0.00655. The topological polar surface area (TPSA) is 127 Å². The van der Waals surface area contributed by atoms with Crippen LogP contribution in [0.25, 0.3) is 6.08 Å². The van der Waals surface area contributed by atoms with Crippen molar-refractivity contribution in [3.8, 4) is 11.5 Å². The summed E-state index contributed by atoms with van der Waals surface area (Å²) in [5.74, 6) is 1.13. The molecule has 0 aliphatic rings. The number of Topliss-reactive ketones (excluding diaryl/α,β-unsaturated/α-hetero) is 1. The number of nitrogen functional groups attached to an aromatic ring is 1. The van der Waals surface area contributed by atoms with Crippen LogP contribution in [0, 0.1) is 19.8 Å². The minimum atomic E-state index is -0.243. The zero-order valence-corrected chi connectivity index (χ0v) is 28.5. The van der Waals surface area contributed by atoms with Gasteiger partial charge in [-0.3, -0.25) is 9.59 Å². The number of nitrogens with one attached hydrogen (secondary N) is 2. The van der Waals surface area contributed by atoms with Gasteiger partial charge in [0, 0.05) is 25.6 Å². The number of methoxy groups -OCH3 is 1. The number of benzene rings is 2. The van der Waals surface area contributed by atoms with Crippen LogP contribution in [0.4, 0.5) is 5.82 Å². The molecule has 3 rings (SSSR count). The van der Waals surface area contributed by atoms with E-state index in [0.29, 0.717) is 36.7 Å². The maximum Gasteiger partial charge on any atom is 0.163 e. The first-order valence-corrected chi connectivity index (χ1v) is 16.3. The van der Waals surface area contributed by atoms with Crippen LogP contribution in [-0.2, 0) is 29.0 Å². The molecule has 0 radical (unpaired) electrons. The van der Waals surface area contributed by atoms with Gasteiger partial charge in [-0.05, 0) is 123 Å². The number of carbonyl (C=O) groups excluding carboxylic acids is 2. The monoisotopic (exact) mass is 628 g/mol. The fraction of sp³-hybridized carbons (Fsp3) is 0.447. The van der Waals surface area contributed by atoms with Gasteiger partial charge >= 0.3 is 0 Å². The summed E-state index contributed by atoms with van der Waals surface area (Å²) >= 11 is 0. The predicted molar refractivity (Wildman–Crippen MR) is 187 cm³/mol. The van der Waals surface area contributed by atoms with Crippen LogP contribution in [0.3, 0.4) is 0 Å². The van der Waals surface area contributed by atoms with E-state index in [9.17, 15) is 14.7 Å². The highest BCUT2D eigenvalue weighted by Gasteiger charge is 2.14. The Morgan fingerprint density at radius 1 is 1.00 bits per heavy atom. The van der Waals surface area contributed by atoms with Gasteiger partial charge in [0.1, 0.15) is 11.6 Å². The van der Waals surface area contributed by atoms with Crippen LogP contribution in [-0.4, -0.2) is 49.4 Å². The number of hydrogen-bond acceptors (Lipinski definition) is 8. The number of anilines is 1. The molecule has 0 aliphatic heterocycles. The second kappa shape index (κ2) is 18.2. The third-order valence-corrected chi connectivity index (χ3v) is 8.36. The summed E-state index contributed by atoms with van der Waals surface area (Å²) in [5.41, 5.74) is 14.6. The fourth-order valence-corrected chi connectivity index (χ4v) is 5.97. The molecule has 0 amide bonds. The Labute approximate surface area is 274 Å². The van der Waals surface area contributed by atoms with Gasteiger partial charge in [0.05, 0.1) is 13.5 Å². The number of aromatic hydroxyl groups is 1. The zero-order chi connectivity index (χ0) is 33.6. The number of allylic oxidation sites excluding steroid dienone is 1. The molecule has 1 atom stereocenters. The first-order chi connectivity index (χ1) is 22.0. The zero-order valence-electron chi connectivity index (χ0n) is 28.5. The van der Waals surface area contributed by atoms with Crippen LogP contribution < -0.4 is 21.1 Å². The SMILES string of the molecule is CNCc1c(C)cc(C)cc1Cc1cc(Cc2cc(O)c(OC)cc2C=CC(=O)CC(=O)CCCCC[C@@H](C)CNC)cnc1N. The summed E-state index contributed by atoms with van der Waals surface area (Å²) in [6.45, 7) is 8.20. The largest absolute Gasteiger partial charge is 0.504 e. The molecular weight excluding hydrogens is 576 g/mol. The molecule has 1 heterocycles. The number of hydrogen-bond donors (Lipinski definition) is 4. The van der Waals surface area contributed by atoms with E-state index in [0.717, 1.165) is 61.0 Å². The number of nitrogens with two attached hydrogens (primary N) is 1. The summed E-state index contributed by atoms with van der Waals surface area (Å²) in [7, 11) is 5.39. The predicted octanol–water partition coefficient (Wildman–Crippen LogP) is 6.24. The number of ketones is 2. The van der Waals surface area contributed by atoms with Crippen molar-refractivity contribution in [1.29, 1.82) is 0 Å². The molecule has 0 fully saturated rings. The Kier molecular flexibility index (Phi) is 14.4. The number of rotatable bonds is 19. The Bertz CT molecular complexity index is 1520. The maximum absolute atomic E-state index is 12.7. The molecule has 0 aliphatic carbocycles. The smallest absolute Gasteiger partial charge is 0.163 e. The van der Waals surface area contributed by atoms with E-state index < -0.39 is 0 Å². The first-order valence-electron chi connectivity index (χ1n) is 16.3. The van der Waals surface area contributed by atoms with Crippen molar-refractivity contribution in [1.82, 2.24) is 15.6 Å². The molecule has 1 aromatic heterocycles. The highest BCUT2D eigenvalue weighted by molar-refractivity contribution is 6.06. The number of aromatic nitrogens is 1. The van der Waals surface area contributed by atoms with Crippen LogP contribution in [0.1, 0.15) is 90.0 Å². The standard InChI is InChI=1S/C38H52N4O4/c1-25(22-40-4)10-8-7-9-11-33(43)21-34(44)13-12-29-20-37(46-6)36(45)19-30(29)16-28-17-32(38(39)42-23-28)18-31-15-26(2)14-27(3)35(31)24-41-5/h12-15,17,19-20,23,25,40-41,45H,7-11,16,18,21-22,24H2,1-6H3,(H2,39,42)/t25-/m1/s1. The van der Waals surface area contributed by atoms with Crippen LogP contribution in [0.5, 0.6) is 11.5 Å². The number of carbonyl (C=O) groups is 2. The lowest BCUT2D eigenvalue weighted by Gasteiger charge is -2.16. The number of ether oxygens (including phenoxy) is 1. The fourth-order valence-electron chi connectivity index (χ4n) is 5.97. The van der Waals surface area contributed by atoms with E-state index in [4.69, 9.17) is 10.5 Å². The second-order valence-electron chi connectivity index (χ2n) is 12.5. The normalized spacial score (nSPS) is 12.0. The van der Waals surface area contributed by atoms with E-state index in [1.54, 1.807) is 24.4 Å². The van der Waals surface area contributed by atoms with E-state index in [2.05, 4.69) is 54.6 Å². The Balaban J connectivity index is 1.73. The third kappa shape index (κ3) is 11.1. The van der Waals surface area contributed by atoms with Gasteiger partial charge in [-0.1, -0.05) is 43.5 Å². The lowest BCUT2D eigenvalue weighted by atomic mass is 9.93. The Hall–Kier alpha value is -4.01. The van der Waals surface area contributed by atoms with E-state index in [1.807, 2.05) is 14.1 Å². The van der Waals surface area contributed by atoms with E-state index >= 15 is 0 Å². The molecule has 248 valence electrons. The highest BCUT2D eigenvalue weighted by Crippen LogP contribution is 2.32. The van der Waals surface area contributed by atoms with Gasteiger partial charge in [0.15, 0.2) is 17.3 Å². The summed E-state index contributed by atoms with van der Waals surface area (Å²) in [5, 5.41) is 17.0. The van der Waals surface area contributed by atoms with Crippen molar-refractivity contribution in [2.75, 3.05) is 33.5 Å². The van der Waals surface area contributed by atoms with Crippen LogP contribution in [0.2, 0.25) is 0 Å². The lowest BCUT2D eigenvalue weighted by Crippen LogP contribution is -2.15. The molecule has 8 heteroatoms. The second-order valence-corrected chi connectivity index (χ2v) is 12.5. The van der Waals surface area contributed by atoms with Gasteiger partial charge < -0.3 is 26.2 Å². The Morgan fingerprint density at radius 2 is 1.78 bits per heavy atom. The van der Waals surface area contributed by atoms with Crippen molar-refractivity contribution in [3.05, 3.63) is 87.1 Å². The van der Waals surface area contributed by atoms with Crippen molar-refractivity contribution in [2.45, 2.75) is 78.7 Å². The number of pyridine rings is 1. The van der Waals surface area contributed by atoms with Crippen LogP contribution in [0.15, 0.2) is 42.6 Å². The van der Waals surface area contributed by atoms with Crippen molar-refractivity contribution in [2.24, 2.45) is 5.92 Å². The van der Waals surface area contributed by atoms with E-state index in [1.165, 1.54) is 35.4 Å². The lowest BCUT2D eigenvalue weighted by molar-refractivity contribution is -0.124. The van der Waals surface area contributed by atoms with Gasteiger partial charge in [0.2, 0.25) is 0 Å². The van der Waals surface area contributed by atoms with Crippen molar-refractivity contribution >= 4 is 23.5 Å². The van der Waals surface area contributed by atoms with E-state index in [-0.39, 0.29) is 23.7 Å². The molecule has 8 nitrogen and oxygen atoms in total. The Morgan fingerprint density at radius 3 is 2.50 bits per heavy atom. The molecule has 0 bridgehead atoms. The van der Waals surface area contributed by atoms with Gasteiger partial charge in [-0.25, -0.2) is 4.98 Å². The molecule has 0 saturated carbocycles. The molecule has 0 spiro atoms.